The number of nitrogens with zero attached hydrogens (tertiary/aromatic N) is 1. The summed E-state index contributed by atoms with van der Waals surface area (Å²) >= 11 is 0. The number of ether oxygens (including phenoxy) is 1. The van der Waals surface area contributed by atoms with E-state index in [9.17, 15) is 21.6 Å². The third-order valence-corrected chi connectivity index (χ3v) is 6.49. The molecule has 0 N–H and O–H groups in total. The van der Waals surface area contributed by atoms with E-state index in [-0.39, 0.29) is 10.3 Å². The largest absolute Gasteiger partial charge is 0.416 e. The van der Waals surface area contributed by atoms with Crippen LogP contribution in [0.15, 0.2) is 29.2 Å². The van der Waals surface area contributed by atoms with Crippen LogP contribution in [-0.4, -0.2) is 39.0 Å². The number of hydrogen-bond acceptors (Lipinski definition) is 3. The van der Waals surface area contributed by atoms with Gasteiger partial charge in [0.15, 0.2) is 0 Å². The molecule has 0 aromatic heterocycles. The third kappa shape index (κ3) is 3.25. The molecule has 2 fully saturated rings. The second kappa shape index (κ2) is 5.75. The minimum absolute atomic E-state index is 0.0959. The van der Waals surface area contributed by atoms with Crippen LogP contribution in [0.3, 0.4) is 0 Å². The van der Waals surface area contributed by atoms with Gasteiger partial charge < -0.3 is 4.74 Å². The van der Waals surface area contributed by atoms with Gasteiger partial charge >= 0.3 is 6.18 Å². The van der Waals surface area contributed by atoms with Gasteiger partial charge in [0.1, 0.15) is 0 Å². The minimum atomic E-state index is -4.47. The minimum Gasteiger partial charge on any atom is -0.381 e. The Morgan fingerprint density at radius 1 is 1.13 bits per heavy atom. The van der Waals surface area contributed by atoms with E-state index >= 15 is 0 Å². The van der Waals surface area contributed by atoms with Crippen LogP contribution in [-0.2, 0) is 20.9 Å². The van der Waals surface area contributed by atoms with Crippen molar-refractivity contribution < 1.29 is 26.3 Å². The average Bonchev–Trinajstić information content (AvgIpc) is 2.94. The number of alkyl halides is 3. The summed E-state index contributed by atoms with van der Waals surface area (Å²) in [6, 6.07) is 3.69. The molecule has 8 heteroatoms. The van der Waals surface area contributed by atoms with Gasteiger partial charge in [-0.2, -0.15) is 17.5 Å². The van der Waals surface area contributed by atoms with Crippen molar-refractivity contribution in [1.29, 1.82) is 0 Å². The van der Waals surface area contributed by atoms with Crippen LogP contribution in [0, 0.1) is 5.41 Å². The maximum atomic E-state index is 12.7. The fourth-order valence-electron chi connectivity index (χ4n) is 3.30. The molecule has 3 rings (SSSR count). The number of hydrogen-bond donors (Lipinski definition) is 0. The van der Waals surface area contributed by atoms with Crippen molar-refractivity contribution >= 4 is 10.0 Å². The van der Waals surface area contributed by atoms with Crippen LogP contribution >= 0.6 is 0 Å². The van der Waals surface area contributed by atoms with Gasteiger partial charge in [0.25, 0.3) is 0 Å². The molecule has 2 saturated heterocycles. The Kier molecular flexibility index (Phi) is 4.18. The predicted molar refractivity (Wildman–Crippen MR) is 77.3 cm³/mol. The first-order valence-corrected chi connectivity index (χ1v) is 8.92. The molecule has 1 aromatic carbocycles. The number of benzene rings is 1. The number of sulfonamides is 1. The highest BCUT2D eigenvalue weighted by Crippen LogP contribution is 2.39. The second-order valence-corrected chi connectivity index (χ2v) is 8.20. The van der Waals surface area contributed by atoms with Gasteiger partial charge in [-0.15, -0.1) is 0 Å². The van der Waals surface area contributed by atoms with Crippen molar-refractivity contribution in [1.82, 2.24) is 4.31 Å². The summed E-state index contributed by atoms with van der Waals surface area (Å²) in [5.74, 6) is 0. The summed E-state index contributed by atoms with van der Waals surface area (Å²) in [6.45, 7) is 1.95. The highest BCUT2D eigenvalue weighted by molar-refractivity contribution is 7.89. The highest BCUT2D eigenvalue weighted by atomic mass is 32.2. The molecule has 4 nitrogen and oxygen atoms in total. The summed E-state index contributed by atoms with van der Waals surface area (Å²) in [5.41, 5.74) is -0.993. The van der Waals surface area contributed by atoms with Crippen LogP contribution < -0.4 is 0 Å². The Morgan fingerprint density at radius 2 is 1.83 bits per heavy atom. The van der Waals surface area contributed by atoms with Gasteiger partial charge in [-0.1, -0.05) is 0 Å². The van der Waals surface area contributed by atoms with Crippen LogP contribution in [0.5, 0.6) is 0 Å². The fourth-order valence-corrected chi connectivity index (χ4v) is 4.90. The van der Waals surface area contributed by atoms with Crippen LogP contribution in [0.1, 0.15) is 24.8 Å². The Morgan fingerprint density at radius 3 is 2.39 bits per heavy atom. The van der Waals surface area contributed by atoms with E-state index in [0.717, 1.165) is 43.5 Å². The summed E-state index contributed by atoms with van der Waals surface area (Å²) in [4.78, 5) is -0.0959. The Bertz CT molecular complexity index is 664. The molecule has 1 atom stereocenters. The van der Waals surface area contributed by atoms with E-state index in [0.29, 0.717) is 26.3 Å². The number of piperidine rings is 1. The lowest BCUT2D eigenvalue weighted by Crippen LogP contribution is -2.46. The molecular weight excluding hydrogens is 331 g/mol. The molecule has 0 unspecified atom stereocenters. The molecule has 2 aliphatic heterocycles. The maximum Gasteiger partial charge on any atom is 0.416 e. The quantitative estimate of drug-likeness (QED) is 0.825. The molecule has 0 bridgehead atoms. The first kappa shape index (κ1) is 16.7. The topological polar surface area (TPSA) is 46.6 Å². The Labute approximate surface area is 133 Å². The van der Waals surface area contributed by atoms with E-state index in [1.807, 2.05) is 0 Å². The van der Waals surface area contributed by atoms with Crippen molar-refractivity contribution in [3.63, 3.8) is 0 Å². The number of rotatable bonds is 2. The fraction of sp³-hybridized carbons (Fsp3) is 0.600. The lowest BCUT2D eigenvalue weighted by Gasteiger charge is -2.38. The van der Waals surface area contributed by atoms with Gasteiger partial charge in [-0.05, 0) is 43.5 Å². The van der Waals surface area contributed by atoms with Crippen LogP contribution in [0.2, 0.25) is 0 Å². The zero-order valence-electron chi connectivity index (χ0n) is 12.5. The predicted octanol–water partition coefficient (Wildman–Crippen LogP) is 2.90. The van der Waals surface area contributed by atoms with E-state index in [1.54, 1.807) is 0 Å². The lowest BCUT2D eigenvalue weighted by molar-refractivity contribution is -0.137. The summed E-state index contributed by atoms with van der Waals surface area (Å²) in [5, 5.41) is 0. The molecule has 128 valence electrons. The molecule has 0 amide bonds. The standard InChI is InChI=1S/C15H18F3NO3S/c16-15(17,18)12-2-4-13(5-3-12)23(20,21)19-8-1-6-14(10-19)7-9-22-11-14/h2-5H,1,6-11H2/t14-/m0/s1. The molecule has 23 heavy (non-hydrogen) atoms. The second-order valence-electron chi connectivity index (χ2n) is 6.27. The van der Waals surface area contributed by atoms with E-state index in [2.05, 4.69) is 0 Å². The van der Waals surface area contributed by atoms with Crippen molar-refractivity contribution in [3.8, 4) is 0 Å². The highest BCUT2D eigenvalue weighted by Gasteiger charge is 2.42. The molecule has 2 aliphatic rings. The summed E-state index contributed by atoms with van der Waals surface area (Å²) in [6.07, 6.45) is -1.99. The van der Waals surface area contributed by atoms with Gasteiger partial charge in [-0.25, -0.2) is 8.42 Å². The molecule has 2 heterocycles. The monoisotopic (exact) mass is 349 g/mol. The molecular formula is C15H18F3NO3S. The van der Waals surface area contributed by atoms with Gasteiger partial charge in [0.05, 0.1) is 17.1 Å². The molecule has 1 spiro atoms. The van der Waals surface area contributed by atoms with E-state index < -0.39 is 21.8 Å². The van der Waals surface area contributed by atoms with Crippen molar-refractivity contribution in [2.45, 2.75) is 30.3 Å². The first-order chi connectivity index (χ1) is 10.7. The Balaban J connectivity index is 1.83. The summed E-state index contributed by atoms with van der Waals surface area (Å²) < 4.78 is 70.0. The normalized spacial score (nSPS) is 26.7. The molecule has 0 radical (unpaired) electrons. The van der Waals surface area contributed by atoms with Gasteiger partial charge in [-0.3, -0.25) is 0 Å². The van der Waals surface area contributed by atoms with Crippen molar-refractivity contribution in [2.24, 2.45) is 5.41 Å². The van der Waals surface area contributed by atoms with Gasteiger partial charge in [0, 0.05) is 25.1 Å². The third-order valence-electron chi connectivity index (χ3n) is 4.63. The molecule has 1 aromatic rings. The van der Waals surface area contributed by atoms with Gasteiger partial charge in [0.2, 0.25) is 10.0 Å². The Hall–Kier alpha value is -1.12. The molecule has 0 aliphatic carbocycles. The van der Waals surface area contributed by atoms with Crippen LogP contribution in [0.4, 0.5) is 13.2 Å². The van der Waals surface area contributed by atoms with Crippen LogP contribution in [0.25, 0.3) is 0 Å². The smallest absolute Gasteiger partial charge is 0.381 e. The first-order valence-electron chi connectivity index (χ1n) is 7.48. The lowest BCUT2D eigenvalue weighted by atomic mass is 9.80. The maximum absolute atomic E-state index is 12.7. The zero-order chi connectivity index (χ0) is 16.7. The van der Waals surface area contributed by atoms with E-state index in [1.165, 1.54) is 4.31 Å². The molecule has 0 saturated carbocycles. The average molecular weight is 349 g/mol. The van der Waals surface area contributed by atoms with Crippen molar-refractivity contribution in [3.05, 3.63) is 29.8 Å². The number of halogens is 3. The van der Waals surface area contributed by atoms with Crippen molar-refractivity contribution in [2.75, 3.05) is 26.3 Å². The van der Waals surface area contributed by atoms with E-state index in [4.69, 9.17) is 4.74 Å². The SMILES string of the molecule is O=S(=O)(c1ccc(C(F)(F)F)cc1)N1CCC[C@]2(CCOC2)C1. The summed E-state index contributed by atoms with van der Waals surface area (Å²) in [7, 11) is -3.78. The zero-order valence-corrected chi connectivity index (χ0v) is 13.3.